The Balaban J connectivity index is 0.937. The summed E-state index contributed by atoms with van der Waals surface area (Å²) < 4.78 is 42.3. The van der Waals surface area contributed by atoms with E-state index in [4.69, 9.17) is 44.8 Å². The number of rotatable bonds is 13. The highest BCUT2D eigenvalue weighted by Gasteiger charge is 2.53. The van der Waals surface area contributed by atoms with Crippen LogP contribution >= 0.6 is 34.2 Å². The van der Waals surface area contributed by atoms with Gasteiger partial charge in [-0.15, -0.1) is 0 Å². The maximum Gasteiger partial charge on any atom is 0.339 e. The molecule has 334 valence electrons. The van der Waals surface area contributed by atoms with Crippen LogP contribution < -0.4 is 5.32 Å². The van der Waals surface area contributed by atoms with Crippen LogP contribution in [-0.4, -0.2) is 113 Å². The van der Waals surface area contributed by atoms with Crippen LogP contribution in [0.15, 0.2) is 127 Å². The van der Waals surface area contributed by atoms with Crippen molar-refractivity contribution >= 4 is 57.5 Å². The minimum Gasteiger partial charge on any atom is -0.459 e. The Hall–Kier alpha value is -4.67. The lowest BCUT2D eigenvalue weighted by molar-refractivity contribution is -0.386. The first kappa shape index (κ1) is 45.9. The van der Waals surface area contributed by atoms with Crippen LogP contribution in [-0.2, 0) is 39.8 Å². The van der Waals surface area contributed by atoms with E-state index in [1.54, 1.807) is 91.0 Å². The summed E-state index contributed by atoms with van der Waals surface area (Å²) in [6.07, 6.45) is -15.3. The van der Waals surface area contributed by atoms with E-state index in [1.807, 2.05) is 46.9 Å². The van der Waals surface area contributed by atoms with Gasteiger partial charge in [0.25, 0.3) is 5.91 Å². The lowest BCUT2D eigenvalue weighted by Crippen LogP contribution is -2.66. The van der Waals surface area contributed by atoms with E-state index >= 15 is 0 Å². The second-order valence-corrected chi connectivity index (χ2v) is 16.8. The molecule has 5 aromatic rings. The summed E-state index contributed by atoms with van der Waals surface area (Å²) in [6, 6.07) is 35.5. The number of aliphatic hydroxyl groups is 4. The highest BCUT2D eigenvalue weighted by molar-refractivity contribution is 14.1. The summed E-state index contributed by atoms with van der Waals surface area (Å²) >= 11 is 8.46. The molecule has 0 bridgehead atoms. The molecule has 8 rings (SSSR count). The first-order chi connectivity index (χ1) is 30.9. The number of halogens is 2. The Morgan fingerprint density at radius 1 is 0.719 bits per heavy atom. The number of hydrogen-bond acceptors (Lipinski definition) is 14. The average molecular weight is 1010 g/mol. The molecule has 15 nitrogen and oxygen atoms in total. The highest BCUT2D eigenvalue weighted by atomic mass is 127. The van der Waals surface area contributed by atoms with Gasteiger partial charge in [0.1, 0.15) is 55.4 Å². The molecule has 3 heterocycles. The number of esters is 1. The van der Waals surface area contributed by atoms with Gasteiger partial charge < -0.3 is 58.9 Å². The molecule has 0 spiro atoms. The molecule has 0 saturated carbocycles. The topological polar surface area (TPSA) is 209 Å². The number of carbonyl (C=O) groups excluding carboxylic acids is 3. The van der Waals surface area contributed by atoms with Crippen molar-refractivity contribution in [3.63, 3.8) is 0 Å². The molecule has 0 radical (unpaired) electrons. The molecule has 0 aromatic heterocycles. The van der Waals surface area contributed by atoms with Crippen molar-refractivity contribution in [1.29, 1.82) is 0 Å². The van der Waals surface area contributed by atoms with Crippen molar-refractivity contribution in [3.05, 3.63) is 169 Å². The Morgan fingerprint density at radius 2 is 1.38 bits per heavy atom. The van der Waals surface area contributed by atoms with Crippen LogP contribution in [0.1, 0.15) is 54.1 Å². The number of hydrogen-bond donors (Lipinski definition) is 5. The Labute approximate surface area is 385 Å². The maximum atomic E-state index is 13.2. The zero-order valence-electron chi connectivity index (χ0n) is 33.7. The number of anilines is 1. The number of fused-ring (bicyclic) bond motifs is 1. The molecule has 3 aliphatic rings. The first-order valence-corrected chi connectivity index (χ1v) is 21.7. The van der Waals surface area contributed by atoms with Crippen molar-refractivity contribution < 1.29 is 68.0 Å². The summed E-state index contributed by atoms with van der Waals surface area (Å²) in [5, 5.41) is 48.3. The molecule has 0 aliphatic carbocycles. The summed E-state index contributed by atoms with van der Waals surface area (Å²) in [4.78, 5) is 39.3. The summed E-state index contributed by atoms with van der Waals surface area (Å²) in [5.41, 5.74) is 2.93. The molecular weight excluding hydrogens is 965 g/mol. The van der Waals surface area contributed by atoms with E-state index in [9.17, 15) is 34.8 Å². The number of aliphatic hydroxyl groups excluding tert-OH is 4. The molecule has 1 amide bonds. The highest BCUT2D eigenvalue weighted by Crippen LogP contribution is 2.36. The molecule has 3 fully saturated rings. The molecule has 11 atom stereocenters. The fourth-order valence-electron chi connectivity index (χ4n) is 7.49. The Kier molecular flexibility index (Phi) is 14.8. The van der Waals surface area contributed by atoms with E-state index < -0.39 is 86.2 Å². The van der Waals surface area contributed by atoms with Gasteiger partial charge >= 0.3 is 5.97 Å². The van der Waals surface area contributed by atoms with Gasteiger partial charge in [-0.1, -0.05) is 103 Å². The van der Waals surface area contributed by atoms with Crippen LogP contribution in [0.5, 0.6) is 0 Å². The van der Waals surface area contributed by atoms with Gasteiger partial charge in [-0.3, -0.25) is 9.59 Å². The predicted molar refractivity (Wildman–Crippen MR) is 236 cm³/mol. The van der Waals surface area contributed by atoms with Crippen molar-refractivity contribution in [2.24, 2.45) is 0 Å². The molecule has 17 heteroatoms. The second-order valence-electron chi connectivity index (χ2n) is 15.3. The second kappa shape index (κ2) is 20.7. The lowest BCUT2D eigenvalue weighted by Gasteiger charge is -2.48. The van der Waals surface area contributed by atoms with Crippen LogP contribution in [0.3, 0.4) is 0 Å². The number of ether oxygens (including phenoxy) is 7. The molecular formula is C47H43ClINO14. The third-order valence-electron chi connectivity index (χ3n) is 10.9. The quantitative estimate of drug-likeness (QED) is 0.0585. The van der Waals surface area contributed by atoms with Crippen LogP contribution in [0.4, 0.5) is 5.69 Å². The number of amides is 1. The normalized spacial score (nSPS) is 27.8. The van der Waals surface area contributed by atoms with E-state index in [0.717, 1.165) is 0 Å². The van der Waals surface area contributed by atoms with E-state index in [1.165, 1.54) is 12.1 Å². The molecule has 3 aliphatic heterocycles. The van der Waals surface area contributed by atoms with Gasteiger partial charge in [0.2, 0.25) is 0 Å². The fourth-order valence-corrected chi connectivity index (χ4v) is 8.26. The molecule has 64 heavy (non-hydrogen) atoms. The summed E-state index contributed by atoms with van der Waals surface area (Å²) in [6.45, 7) is -0.749. The third-order valence-corrected chi connectivity index (χ3v) is 12.2. The number of benzene rings is 5. The van der Waals surface area contributed by atoms with Gasteiger partial charge in [0.05, 0.1) is 29.5 Å². The largest absolute Gasteiger partial charge is 0.459 e. The lowest BCUT2D eigenvalue weighted by atomic mass is 9.96. The zero-order valence-corrected chi connectivity index (χ0v) is 36.6. The Bertz CT molecular complexity index is 2410. The molecule has 5 aromatic carbocycles. The molecule has 1 unspecified atom stereocenters. The van der Waals surface area contributed by atoms with Gasteiger partial charge in [-0.25, -0.2) is 4.79 Å². The van der Waals surface area contributed by atoms with Crippen molar-refractivity contribution in [2.75, 3.05) is 18.5 Å². The van der Waals surface area contributed by atoms with E-state index in [0.29, 0.717) is 25.8 Å². The minimum absolute atomic E-state index is 0.0343. The van der Waals surface area contributed by atoms with E-state index in [-0.39, 0.29) is 40.8 Å². The number of ketones is 1. The average Bonchev–Trinajstić information content (AvgIpc) is 3.32. The maximum absolute atomic E-state index is 13.2. The smallest absolute Gasteiger partial charge is 0.339 e. The number of nitrogens with one attached hydrogen (secondary N) is 1. The minimum atomic E-state index is -1.76. The summed E-state index contributed by atoms with van der Waals surface area (Å²) in [5.74, 6) is -1.37. The van der Waals surface area contributed by atoms with Crippen molar-refractivity contribution in [2.45, 2.75) is 74.3 Å². The van der Waals surface area contributed by atoms with Crippen LogP contribution in [0.2, 0.25) is 5.02 Å². The van der Waals surface area contributed by atoms with Crippen LogP contribution in [0, 0.1) is 3.57 Å². The summed E-state index contributed by atoms with van der Waals surface area (Å²) in [7, 11) is 0. The third kappa shape index (κ3) is 10.4. The number of carbonyl (C=O) groups is 3. The monoisotopic (exact) mass is 1010 g/mol. The fraction of sp³-hybridized carbons (Fsp3) is 0.298. The predicted octanol–water partition coefficient (Wildman–Crippen LogP) is 5.19. The standard InChI is InChI=1S/C47H43ClINO14/c48-31-20-15-25(21-33(31)50-43(56)28-18-16-27(17-19-28)36(51)26-9-3-1-4-10-26)22-59-46-39(54)37(52)42(34(61-46)23-58-44(57)30-13-7-8-14-32(30)49)64-47-40(55)38(53)41-35(62-47)24-60-45(63-41)29-11-5-2-6-12-29/h1-21,34-35,37-42,45-47,52-55H,22-24H2,(H,50,56)/t34-,35-,37-,38-,39-,40-,41-,42-,45?,46-,47-/m1/s1. The van der Waals surface area contributed by atoms with Gasteiger partial charge in [-0.2, -0.15) is 0 Å². The van der Waals surface area contributed by atoms with E-state index in [2.05, 4.69) is 5.32 Å². The van der Waals surface area contributed by atoms with Gasteiger partial charge in [0, 0.05) is 25.8 Å². The van der Waals surface area contributed by atoms with Crippen molar-refractivity contribution in [3.8, 4) is 0 Å². The molecule has 3 saturated heterocycles. The van der Waals surface area contributed by atoms with Crippen molar-refractivity contribution in [1.82, 2.24) is 0 Å². The van der Waals surface area contributed by atoms with Gasteiger partial charge in [-0.05, 0) is 64.6 Å². The SMILES string of the molecule is O=C(Nc1cc(CO[C@@H]2O[C@H](COC(=O)c3ccccc3I)[C@@H](O[C@H]3O[C@@H]4COC(c5ccccc5)O[C@H]4[C@H](O)[C@H]3O)[C@H](O)[C@H]2O)ccc1Cl)c1ccc(C(=O)c2ccccc2)cc1. The van der Waals surface area contributed by atoms with Gasteiger partial charge in [0.15, 0.2) is 24.7 Å². The molecule has 5 N–H and O–H groups in total. The van der Waals surface area contributed by atoms with Crippen LogP contribution in [0.25, 0.3) is 0 Å². The first-order valence-electron chi connectivity index (χ1n) is 20.3. The Morgan fingerprint density at radius 3 is 2.11 bits per heavy atom. The zero-order chi connectivity index (χ0) is 44.9.